The van der Waals surface area contributed by atoms with Crippen LogP contribution in [0.3, 0.4) is 0 Å². The Morgan fingerprint density at radius 1 is 1.55 bits per heavy atom. The van der Waals surface area contributed by atoms with Gasteiger partial charge in [0.15, 0.2) is 0 Å². The molecule has 0 aliphatic carbocycles. The Morgan fingerprint density at radius 2 is 2.00 bits per heavy atom. The Balaban J connectivity index is 0. The molecule has 0 unspecified atom stereocenters. The maximum Gasteiger partial charge on any atom is 0.323 e. The van der Waals surface area contributed by atoms with Gasteiger partial charge < -0.3 is 15.7 Å². The lowest BCUT2D eigenvalue weighted by Gasteiger charge is -2.11. The van der Waals surface area contributed by atoms with E-state index in [1.165, 1.54) is 7.05 Å². The van der Waals surface area contributed by atoms with E-state index in [4.69, 9.17) is 10.8 Å². The number of amides is 1. The first-order valence-electron chi connectivity index (χ1n) is 2.73. The third kappa shape index (κ3) is 5.63. The summed E-state index contributed by atoms with van der Waals surface area (Å²) in [5, 5.41) is 8.19. The van der Waals surface area contributed by atoms with Crippen LogP contribution in [0.5, 0.6) is 0 Å². The lowest BCUT2D eigenvalue weighted by atomic mass is 10.5. The second kappa shape index (κ2) is 5.94. The van der Waals surface area contributed by atoms with E-state index in [1.807, 2.05) is 0 Å². The molecule has 66 valence electrons. The van der Waals surface area contributed by atoms with Crippen molar-refractivity contribution >= 4 is 24.3 Å². The summed E-state index contributed by atoms with van der Waals surface area (Å²) in [4.78, 5) is 21.6. The fraction of sp³-hybridized carbons (Fsp3) is 0.600. The fourth-order valence-corrected chi connectivity index (χ4v) is 0.447. The standard InChI is InChI=1S/C5H10N2O3.ClH/c1-7(3-5(9)10)4(8)2-6;/h2-3,6H2,1H3,(H,9,10);1H. The Morgan fingerprint density at radius 3 is 2.27 bits per heavy atom. The molecule has 0 bridgehead atoms. The predicted octanol–water partition coefficient (Wildman–Crippen LogP) is -1.09. The molecule has 0 aliphatic heterocycles. The molecule has 0 aromatic heterocycles. The van der Waals surface area contributed by atoms with E-state index >= 15 is 0 Å². The van der Waals surface area contributed by atoms with Gasteiger partial charge in [-0.15, -0.1) is 12.4 Å². The highest BCUT2D eigenvalue weighted by Gasteiger charge is 2.08. The first-order valence-corrected chi connectivity index (χ1v) is 2.73. The van der Waals surface area contributed by atoms with E-state index in [0.717, 1.165) is 4.90 Å². The van der Waals surface area contributed by atoms with Crippen molar-refractivity contribution in [2.24, 2.45) is 5.73 Å². The number of aliphatic carboxylic acids is 1. The van der Waals surface area contributed by atoms with E-state index < -0.39 is 5.97 Å². The van der Waals surface area contributed by atoms with Gasteiger partial charge in [-0.1, -0.05) is 0 Å². The van der Waals surface area contributed by atoms with Crippen molar-refractivity contribution in [1.82, 2.24) is 4.90 Å². The van der Waals surface area contributed by atoms with Crippen molar-refractivity contribution < 1.29 is 14.7 Å². The number of rotatable bonds is 3. The quantitative estimate of drug-likeness (QED) is 0.581. The number of hydrogen-bond acceptors (Lipinski definition) is 3. The number of likely N-dealkylation sites (N-methyl/N-ethyl adjacent to an activating group) is 1. The number of hydrogen-bond donors (Lipinski definition) is 2. The molecule has 3 N–H and O–H groups in total. The molecule has 11 heavy (non-hydrogen) atoms. The molecular weight excluding hydrogens is 172 g/mol. The van der Waals surface area contributed by atoms with Gasteiger partial charge in [0.05, 0.1) is 6.54 Å². The number of carbonyl (C=O) groups excluding carboxylic acids is 1. The molecular formula is C5H11ClN2O3. The van der Waals surface area contributed by atoms with Crippen LogP contribution in [-0.4, -0.2) is 42.0 Å². The van der Waals surface area contributed by atoms with Crippen molar-refractivity contribution in [2.45, 2.75) is 0 Å². The van der Waals surface area contributed by atoms with E-state index in [9.17, 15) is 9.59 Å². The largest absolute Gasteiger partial charge is 0.480 e. The highest BCUT2D eigenvalue weighted by atomic mass is 35.5. The number of carbonyl (C=O) groups is 2. The van der Waals surface area contributed by atoms with Crippen LogP contribution in [0.15, 0.2) is 0 Å². The number of carboxylic acid groups (broad SMARTS) is 1. The average molecular weight is 183 g/mol. The molecule has 0 aromatic rings. The summed E-state index contributed by atoms with van der Waals surface area (Å²) in [5.41, 5.74) is 4.96. The zero-order valence-electron chi connectivity index (χ0n) is 6.11. The first kappa shape index (κ1) is 12.8. The summed E-state index contributed by atoms with van der Waals surface area (Å²) in [6.07, 6.45) is 0. The summed E-state index contributed by atoms with van der Waals surface area (Å²) in [5.74, 6) is -1.41. The zero-order chi connectivity index (χ0) is 8.15. The second-order valence-electron chi connectivity index (χ2n) is 1.85. The number of halogens is 1. The maximum atomic E-state index is 10.6. The van der Waals surface area contributed by atoms with E-state index in [0.29, 0.717) is 0 Å². The van der Waals surface area contributed by atoms with Crippen LogP contribution < -0.4 is 5.73 Å². The van der Waals surface area contributed by atoms with Gasteiger partial charge in [-0.3, -0.25) is 9.59 Å². The van der Waals surface area contributed by atoms with E-state index in [-0.39, 0.29) is 31.4 Å². The molecule has 0 aliphatic rings. The van der Waals surface area contributed by atoms with E-state index in [2.05, 4.69) is 0 Å². The summed E-state index contributed by atoms with van der Waals surface area (Å²) in [6, 6.07) is 0. The van der Waals surface area contributed by atoms with Crippen LogP contribution in [0.25, 0.3) is 0 Å². The first-order chi connectivity index (χ1) is 4.57. The Hall–Kier alpha value is -0.810. The van der Waals surface area contributed by atoms with Crippen LogP contribution in [0, 0.1) is 0 Å². The van der Waals surface area contributed by atoms with Crippen LogP contribution >= 0.6 is 12.4 Å². The van der Waals surface area contributed by atoms with Gasteiger partial charge in [-0.25, -0.2) is 0 Å². The van der Waals surface area contributed by atoms with Crippen LogP contribution in [0.2, 0.25) is 0 Å². The topological polar surface area (TPSA) is 83.6 Å². The van der Waals surface area contributed by atoms with Gasteiger partial charge >= 0.3 is 5.97 Å². The third-order valence-electron chi connectivity index (χ3n) is 0.973. The van der Waals surface area contributed by atoms with Gasteiger partial charge in [-0.2, -0.15) is 0 Å². The predicted molar refractivity (Wildman–Crippen MR) is 41.6 cm³/mol. The minimum Gasteiger partial charge on any atom is -0.480 e. The molecule has 5 nitrogen and oxygen atoms in total. The molecule has 0 aromatic carbocycles. The second-order valence-corrected chi connectivity index (χ2v) is 1.85. The van der Waals surface area contributed by atoms with Gasteiger partial charge in [0, 0.05) is 7.05 Å². The smallest absolute Gasteiger partial charge is 0.323 e. The van der Waals surface area contributed by atoms with Crippen molar-refractivity contribution in [3.8, 4) is 0 Å². The summed E-state index contributed by atoms with van der Waals surface area (Å²) in [6.45, 7) is -0.445. The molecule has 0 saturated heterocycles. The molecule has 6 heteroatoms. The number of carboxylic acids is 1. The van der Waals surface area contributed by atoms with Crippen molar-refractivity contribution in [2.75, 3.05) is 20.1 Å². The minimum absolute atomic E-state index is 0. The lowest BCUT2D eigenvalue weighted by molar-refractivity contribution is -0.142. The molecule has 0 radical (unpaired) electrons. The molecule has 0 saturated carbocycles. The van der Waals surface area contributed by atoms with Gasteiger partial charge in [0.25, 0.3) is 0 Å². The minimum atomic E-state index is -1.04. The Kier molecular flexibility index (Phi) is 6.92. The fourth-order valence-electron chi connectivity index (χ4n) is 0.447. The Labute approximate surface area is 70.6 Å². The molecule has 0 atom stereocenters. The monoisotopic (exact) mass is 182 g/mol. The third-order valence-corrected chi connectivity index (χ3v) is 0.973. The van der Waals surface area contributed by atoms with Crippen molar-refractivity contribution in [3.63, 3.8) is 0 Å². The van der Waals surface area contributed by atoms with Gasteiger partial charge in [0.2, 0.25) is 5.91 Å². The average Bonchev–Trinajstić information content (AvgIpc) is 1.85. The van der Waals surface area contributed by atoms with Crippen molar-refractivity contribution in [3.05, 3.63) is 0 Å². The summed E-state index contributed by atoms with van der Waals surface area (Å²) < 4.78 is 0. The summed E-state index contributed by atoms with van der Waals surface area (Å²) in [7, 11) is 1.39. The highest BCUT2D eigenvalue weighted by Crippen LogP contribution is 1.80. The van der Waals surface area contributed by atoms with Crippen LogP contribution in [0.4, 0.5) is 0 Å². The molecule has 1 amide bonds. The molecule has 0 fully saturated rings. The summed E-state index contributed by atoms with van der Waals surface area (Å²) >= 11 is 0. The lowest BCUT2D eigenvalue weighted by Crippen LogP contribution is -2.36. The SMILES string of the molecule is CN(CC(=O)O)C(=O)CN.Cl. The van der Waals surface area contributed by atoms with Gasteiger partial charge in [0.1, 0.15) is 6.54 Å². The highest BCUT2D eigenvalue weighted by molar-refractivity contribution is 5.85. The Bertz CT molecular complexity index is 151. The van der Waals surface area contributed by atoms with Crippen LogP contribution in [0.1, 0.15) is 0 Å². The number of nitrogens with two attached hydrogens (primary N) is 1. The number of nitrogens with zero attached hydrogens (tertiary/aromatic N) is 1. The normalized spacial score (nSPS) is 8.18. The zero-order valence-corrected chi connectivity index (χ0v) is 6.93. The van der Waals surface area contributed by atoms with Crippen LogP contribution in [-0.2, 0) is 9.59 Å². The molecule has 0 spiro atoms. The van der Waals surface area contributed by atoms with E-state index in [1.54, 1.807) is 0 Å². The molecule has 0 heterocycles. The maximum absolute atomic E-state index is 10.6. The van der Waals surface area contributed by atoms with Crippen molar-refractivity contribution in [1.29, 1.82) is 0 Å². The van der Waals surface area contributed by atoms with Gasteiger partial charge in [-0.05, 0) is 0 Å². The molecule has 0 rings (SSSR count).